The Bertz CT molecular complexity index is 705. The van der Waals surface area contributed by atoms with E-state index in [2.05, 4.69) is 5.32 Å². The number of ether oxygens (including phenoxy) is 2. The van der Waals surface area contributed by atoms with E-state index in [1.807, 2.05) is 60.7 Å². The maximum Gasteiger partial charge on any atom is 0.407 e. The highest BCUT2D eigenvalue weighted by Crippen LogP contribution is 2.10. The van der Waals surface area contributed by atoms with Gasteiger partial charge in [-0.05, 0) is 24.5 Å². The number of carbonyl (C=O) groups excluding carboxylic acids is 2. The third-order valence-corrected chi connectivity index (χ3v) is 3.96. The molecule has 2 N–H and O–H groups in total. The first kappa shape index (κ1) is 20.5. The summed E-state index contributed by atoms with van der Waals surface area (Å²) in [6.45, 7) is 2.06. The molecule has 2 atom stereocenters. The lowest BCUT2D eigenvalue weighted by Crippen LogP contribution is -2.46. The van der Waals surface area contributed by atoms with E-state index in [4.69, 9.17) is 9.47 Å². The van der Waals surface area contributed by atoms with Crippen LogP contribution in [0.3, 0.4) is 0 Å². The second-order valence-electron chi connectivity index (χ2n) is 6.08. The van der Waals surface area contributed by atoms with Crippen molar-refractivity contribution in [3.63, 3.8) is 0 Å². The first-order valence-corrected chi connectivity index (χ1v) is 8.93. The summed E-state index contributed by atoms with van der Waals surface area (Å²) in [6.07, 6.45) is -1.58. The van der Waals surface area contributed by atoms with Crippen molar-refractivity contribution in [1.82, 2.24) is 5.32 Å². The Balaban J connectivity index is 1.97. The topological polar surface area (TPSA) is 84.9 Å². The van der Waals surface area contributed by atoms with E-state index in [1.165, 1.54) is 0 Å². The van der Waals surface area contributed by atoms with Gasteiger partial charge in [0.1, 0.15) is 6.61 Å². The number of hydrogen-bond acceptors (Lipinski definition) is 5. The molecule has 0 radical (unpaired) electrons. The van der Waals surface area contributed by atoms with Crippen LogP contribution < -0.4 is 5.32 Å². The zero-order valence-electron chi connectivity index (χ0n) is 15.3. The Kier molecular flexibility index (Phi) is 8.32. The summed E-state index contributed by atoms with van der Waals surface area (Å²) in [6, 6.07) is 18.0. The molecular weight excluding hydrogens is 346 g/mol. The van der Waals surface area contributed by atoms with Crippen molar-refractivity contribution < 1.29 is 24.2 Å². The van der Waals surface area contributed by atoms with Crippen LogP contribution in [0, 0.1) is 0 Å². The predicted octanol–water partition coefficient (Wildman–Crippen LogP) is 2.84. The number of esters is 1. The number of carbonyl (C=O) groups is 2. The monoisotopic (exact) mass is 371 g/mol. The number of aliphatic hydroxyl groups is 1. The van der Waals surface area contributed by atoms with Crippen molar-refractivity contribution in [3.05, 3.63) is 71.8 Å². The summed E-state index contributed by atoms with van der Waals surface area (Å²) in [5, 5.41) is 13.1. The molecule has 0 unspecified atom stereocenters. The van der Waals surface area contributed by atoms with Gasteiger partial charge in [0.05, 0.1) is 25.2 Å². The van der Waals surface area contributed by atoms with Crippen LogP contribution in [0.5, 0.6) is 0 Å². The smallest absolute Gasteiger partial charge is 0.407 e. The van der Waals surface area contributed by atoms with Crippen LogP contribution in [0.1, 0.15) is 24.5 Å². The van der Waals surface area contributed by atoms with Crippen LogP contribution in [-0.4, -0.2) is 35.9 Å². The van der Waals surface area contributed by atoms with Gasteiger partial charge in [-0.25, -0.2) is 4.79 Å². The van der Waals surface area contributed by atoms with Crippen LogP contribution in [0.2, 0.25) is 0 Å². The molecule has 2 rings (SSSR count). The molecule has 0 aromatic heterocycles. The number of rotatable bonds is 9. The fraction of sp³-hybridized carbons (Fsp3) is 0.333. The molecule has 0 fully saturated rings. The summed E-state index contributed by atoms with van der Waals surface area (Å²) in [4.78, 5) is 23.9. The van der Waals surface area contributed by atoms with Gasteiger partial charge in [-0.3, -0.25) is 4.79 Å². The highest BCUT2D eigenvalue weighted by Gasteiger charge is 2.25. The minimum Gasteiger partial charge on any atom is -0.466 e. The normalized spacial score (nSPS) is 12.7. The molecule has 6 nitrogen and oxygen atoms in total. The van der Waals surface area contributed by atoms with Gasteiger partial charge in [0.15, 0.2) is 0 Å². The van der Waals surface area contributed by atoms with Crippen molar-refractivity contribution in [2.24, 2.45) is 0 Å². The maximum absolute atomic E-state index is 12.2. The quantitative estimate of drug-likeness (QED) is 0.662. The Labute approximate surface area is 159 Å². The lowest BCUT2D eigenvalue weighted by molar-refractivity contribution is -0.145. The third-order valence-electron chi connectivity index (χ3n) is 3.96. The molecule has 27 heavy (non-hydrogen) atoms. The van der Waals surface area contributed by atoms with E-state index >= 15 is 0 Å². The Morgan fingerprint density at radius 2 is 1.56 bits per heavy atom. The van der Waals surface area contributed by atoms with Crippen molar-refractivity contribution in [1.29, 1.82) is 0 Å². The van der Waals surface area contributed by atoms with Gasteiger partial charge in [0.2, 0.25) is 0 Å². The first-order chi connectivity index (χ1) is 13.1. The summed E-state index contributed by atoms with van der Waals surface area (Å²) >= 11 is 0. The van der Waals surface area contributed by atoms with Crippen LogP contribution in [0.25, 0.3) is 0 Å². The zero-order valence-corrected chi connectivity index (χ0v) is 15.3. The highest BCUT2D eigenvalue weighted by atomic mass is 16.5. The van der Waals surface area contributed by atoms with E-state index in [0.717, 1.165) is 11.1 Å². The molecule has 0 heterocycles. The molecule has 0 bridgehead atoms. The number of nitrogens with one attached hydrogen (secondary N) is 1. The van der Waals surface area contributed by atoms with Crippen molar-refractivity contribution in [2.75, 3.05) is 6.61 Å². The van der Waals surface area contributed by atoms with Crippen LogP contribution in [0.4, 0.5) is 4.79 Å². The van der Waals surface area contributed by atoms with Gasteiger partial charge in [-0.2, -0.15) is 0 Å². The summed E-state index contributed by atoms with van der Waals surface area (Å²) in [7, 11) is 0. The molecule has 0 aliphatic carbocycles. The van der Waals surface area contributed by atoms with E-state index in [1.54, 1.807) is 6.92 Å². The van der Waals surface area contributed by atoms with Crippen molar-refractivity contribution in [3.8, 4) is 0 Å². The maximum atomic E-state index is 12.2. The molecule has 144 valence electrons. The predicted molar refractivity (Wildman–Crippen MR) is 101 cm³/mol. The molecule has 0 spiro atoms. The number of aliphatic hydroxyl groups excluding tert-OH is 1. The van der Waals surface area contributed by atoms with Gasteiger partial charge in [-0.1, -0.05) is 60.7 Å². The minimum atomic E-state index is -1.09. The molecule has 2 aromatic carbocycles. The van der Waals surface area contributed by atoms with Gasteiger partial charge in [0, 0.05) is 0 Å². The molecule has 0 aliphatic rings. The van der Waals surface area contributed by atoms with Gasteiger partial charge in [-0.15, -0.1) is 0 Å². The summed E-state index contributed by atoms with van der Waals surface area (Å²) in [5.74, 6) is -0.512. The summed E-state index contributed by atoms with van der Waals surface area (Å²) < 4.78 is 10.1. The standard InChI is InChI=1S/C21H25NO5/c1-2-26-20(24)14-19(23)18(13-16-9-5-3-6-10-16)22-21(25)27-15-17-11-7-4-8-12-17/h3-12,18-19,23H,2,13-15H2,1H3,(H,22,25)/t18-,19+/m0/s1. The Hall–Kier alpha value is -2.86. The highest BCUT2D eigenvalue weighted by molar-refractivity contribution is 5.71. The largest absolute Gasteiger partial charge is 0.466 e. The number of amides is 1. The van der Waals surface area contributed by atoms with Gasteiger partial charge in [0.25, 0.3) is 0 Å². The molecule has 2 aromatic rings. The second kappa shape index (κ2) is 11.0. The first-order valence-electron chi connectivity index (χ1n) is 8.93. The SMILES string of the molecule is CCOC(=O)C[C@@H](O)[C@H](Cc1ccccc1)NC(=O)OCc1ccccc1. The summed E-state index contributed by atoms with van der Waals surface area (Å²) in [5.41, 5.74) is 1.79. The van der Waals surface area contributed by atoms with Crippen LogP contribution in [0.15, 0.2) is 60.7 Å². The molecule has 1 amide bonds. The van der Waals surface area contributed by atoms with E-state index in [0.29, 0.717) is 6.42 Å². The zero-order chi connectivity index (χ0) is 19.5. The Morgan fingerprint density at radius 1 is 0.963 bits per heavy atom. The fourth-order valence-corrected chi connectivity index (χ4v) is 2.60. The second-order valence-corrected chi connectivity index (χ2v) is 6.08. The minimum absolute atomic E-state index is 0.124. The third kappa shape index (κ3) is 7.50. The van der Waals surface area contributed by atoms with Crippen molar-refractivity contribution in [2.45, 2.75) is 38.5 Å². The fourth-order valence-electron chi connectivity index (χ4n) is 2.60. The molecule has 0 saturated heterocycles. The van der Waals surface area contributed by atoms with Crippen LogP contribution >= 0.6 is 0 Å². The lowest BCUT2D eigenvalue weighted by Gasteiger charge is -2.23. The molecule has 0 aliphatic heterocycles. The number of benzene rings is 2. The van der Waals surface area contributed by atoms with E-state index in [-0.39, 0.29) is 19.6 Å². The van der Waals surface area contributed by atoms with Gasteiger partial charge >= 0.3 is 12.1 Å². The van der Waals surface area contributed by atoms with Crippen LogP contribution in [-0.2, 0) is 27.3 Å². The molecular formula is C21H25NO5. The van der Waals surface area contributed by atoms with E-state index in [9.17, 15) is 14.7 Å². The number of hydrogen-bond donors (Lipinski definition) is 2. The molecule has 0 saturated carbocycles. The average molecular weight is 371 g/mol. The molecule has 6 heteroatoms. The van der Waals surface area contributed by atoms with Gasteiger partial charge < -0.3 is 19.9 Å². The number of alkyl carbamates (subject to hydrolysis) is 1. The van der Waals surface area contributed by atoms with E-state index < -0.39 is 24.2 Å². The Morgan fingerprint density at radius 3 is 2.15 bits per heavy atom. The lowest BCUT2D eigenvalue weighted by atomic mass is 9.99. The van der Waals surface area contributed by atoms with Crippen molar-refractivity contribution >= 4 is 12.1 Å². The average Bonchev–Trinajstić information content (AvgIpc) is 2.67.